The molecule has 31 heavy (non-hydrogen) atoms. The fraction of sp³-hybridized carbons (Fsp3) is 0.375. The molecule has 4 rings (SSSR count). The van der Waals surface area contributed by atoms with Gasteiger partial charge in [0, 0.05) is 11.7 Å². The van der Waals surface area contributed by atoms with Crippen molar-refractivity contribution in [3.05, 3.63) is 66.0 Å². The van der Waals surface area contributed by atoms with Crippen LogP contribution in [0.2, 0.25) is 0 Å². The van der Waals surface area contributed by atoms with Gasteiger partial charge in [0.25, 0.3) is 0 Å². The highest BCUT2D eigenvalue weighted by atomic mass is 32.2. The van der Waals surface area contributed by atoms with Gasteiger partial charge in [-0.2, -0.15) is 0 Å². The van der Waals surface area contributed by atoms with Crippen LogP contribution < -0.4 is 10.1 Å². The van der Waals surface area contributed by atoms with E-state index in [-0.39, 0.29) is 5.91 Å². The molecule has 0 radical (unpaired) electrons. The number of carbonyl (C=O) groups is 1. The third kappa shape index (κ3) is 5.88. The Morgan fingerprint density at radius 2 is 1.90 bits per heavy atom. The highest BCUT2D eigenvalue weighted by Gasteiger charge is 2.19. The van der Waals surface area contributed by atoms with E-state index in [0.717, 1.165) is 29.8 Å². The number of carbonyl (C=O) groups excluding carboxylic acids is 1. The predicted octanol–water partition coefficient (Wildman–Crippen LogP) is 4.70. The number of aromatic nitrogens is 3. The van der Waals surface area contributed by atoms with Crippen LogP contribution in [0.25, 0.3) is 5.69 Å². The van der Waals surface area contributed by atoms with Gasteiger partial charge in [-0.3, -0.25) is 9.36 Å². The molecule has 1 saturated carbocycles. The molecule has 0 unspecified atom stereocenters. The lowest BCUT2D eigenvalue weighted by molar-refractivity contribution is -0.119. The summed E-state index contributed by atoms with van der Waals surface area (Å²) in [6.45, 7) is 2.33. The summed E-state index contributed by atoms with van der Waals surface area (Å²) < 4.78 is 7.93. The fourth-order valence-corrected chi connectivity index (χ4v) is 4.61. The van der Waals surface area contributed by atoms with Gasteiger partial charge in [-0.1, -0.05) is 61.4 Å². The Morgan fingerprint density at radius 3 is 2.68 bits per heavy atom. The van der Waals surface area contributed by atoms with E-state index >= 15 is 0 Å². The summed E-state index contributed by atoms with van der Waals surface area (Å²) in [5, 5.41) is 12.6. The van der Waals surface area contributed by atoms with E-state index in [1.54, 1.807) is 0 Å². The van der Waals surface area contributed by atoms with Gasteiger partial charge in [-0.05, 0) is 49.6 Å². The molecule has 1 amide bonds. The number of hydrogen-bond acceptors (Lipinski definition) is 5. The summed E-state index contributed by atoms with van der Waals surface area (Å²) in [6.07, 6.45) is 5.83. The molecule has 2 aromatic carbocycles. The lowest BCUT2D eigenvalue weighted by Gasteiger charge is -2.22. The standard InChI is InChI=1S/C24H28N4O2S/c1-18-9-8-14-21(15-18)30-16-22-26-27-24(28(22)20-12-6-3-7-13-20)31-17-23(29)25-19-10-4-2-5-11-19/h3,6-9,12-15,19H,2,4-5,10-11,16-17H2,1H3,(H,25,29). The fourth-order valence-electron chi connectivity index (χ4n) is 3.82. The summed E-state index contributed by atoms with van der Waals surface area (Å²) in [5.41, 5.74) is 2.09. The zero-order valence-corrected chi connectivity index (χ0v) is 18.6. The molecular formula is C24H28N4O2S. The number of hydrogen-bond donors (Lipinski definition) is 1. The SMILES string of the molecule is Cc1cccc(OCc2nnc(SCC(=O)NC3CCCCC3)n2-c2ccccc2)c1. The Kier molecular flexibility index (Phi) is 7.25. The summed E-state index contributed by atoms with van der Waals surface area (Å²) in [7, 11) is 0. The Hall–Kier alpha value is -2.80. The predicted molar refractivity (Wildman–Crippen MR) is 123 cm³/mol. The number of ether oxygens (including phenoxy) is 1. The number of thioether (sulfide) groups is 1. The minimum absolute atomic E-state index is 0.0528. The molecule has 6 nitrogen and oxygen atoms in total. The van der Waals surface area contributed by atoms with E-state index in [2.05, 4.69) is 15.5 Å². The van der Waals surface area contributed by atoms with Crippen LogP contribution in [-0.4, -0.2) is 32.5 Å². The molecule has 1 N–H and O–H groups in total. The Labute approximate surface area is 187 Å². The maximum Gasteiger partial charge on any atom is 0.230 e. The largest absolute Gasteiger partial charge is 0.486 e. The van der Waals surface area contributed by atoms with Crippen LogP contribution in [0.5, 0.6) is 5.75 Å². The first-order valence-corrected chi connectivity index (χ1v) is 11.8. The first-order valence-electron chi connectivity index (χ1n) is 10.8. The van der Waals surface area contributed by atoms with Gasteiger partial charge in [0.1, 0.15) is 12.4 Å². The summed E-state index contributed by atoms with van der Waals surface area (Å²) in [6, 6.07) is 18.2. The molecule has 1 fully saturated rings. The van der Waals surface area contributed by atoms with Crippen molar-refractivity contribution in [2.45, 2.75) is 56.8 Å². The van der Waals surface area contributed by atoms with Gasteiger partial charge in [0.05, 0.1) is 5.75 Å². The van der Waals surface area contributed by atoms with Crippen LogP contribution in [-0.2, 0) is 11.4 Å². The van der Waals surface area contributed by atoms with Gasteiger partial charge in [0.2, 0.25) is 5.91 Å². The Morgan fingerprint density at radius 1 is 1.10 bits per heavy atom. The molecule has 1 aliphatic rings. The number of nitrogens with one attached hydrogen (secondary N) is 1. The maximum atomic E-state index is 12.5. The van der Waals surface area contributed by atoms with Crippen LogP contribution in [0.4, 0.5) is 0 Å². The van der Waals surface area contributed by atoms with E-state index in [4.69, 9.17) is 4.74 Å². The highest BCUT2D eigenvalue weighted by molar-refractivity contribution is 7.99. The van der Waals surface area contributed by atoms with Crippen LogP contribution in [0.1, 0.15) is 43.5 Å². The lowest BCUT2D eigenvalue weighted by Crippen LogP contribution is -2.37. The zero-order valence-electron chi connectivity index (χ0n) is 17.8. The third-order valence-corrected chi connectivity index (χ3v) is 6.30. The highest BCUT2D eigenvalue weighted by Crippen LogP contribution is 2.24. The van der Waals surface area contributed by atoms with Crippen molar-refractivity contribution in [3.63, 3.8) is 0 Å². The molecule has 0 saturated heterocycles. The Bertz CT molecular complexity index is 1000. The van der Waals surface area contributed by atoms with Crippen molar-refractivity contribution in [1.29, 1.82) is 0 Å². The molecule has 0 aliphatic heterocycles. The van der Waals surface area contributed by atoms with Crippen molar-refractivity contribution >= 4 is 17.7 Å². The average Bonchev–Trinajstić information content (AvgIpc) is 3.20. The molecule has 0 spiro atoms. The van der Waals surface area contributed by atoms with Gasteiger partial charge in [-0.15, -0.1) is 10.2 Å². The van der Waals surface area contributed by atoms with Gasteiger partial charge < -0.3 is 10.1 Å². The van der Waals surface area contributed by atoms with E-state index in [0.29, 0.717) is 29.4 Å². The maximum absolute atomic E-state index is 12.5. The molecule has 3 aromatic rings. The quantitative estimate of drug-likeness (QED) is 0.519. The molecule has 1 heterocycles. The number of amides is 1. The van der Waals surface area contributed by atoms with Crippen molar-refractivity contribution in [3.8, 4) is 11.4 Å². The smallest absolute Gasteiger partial charge is 0.230 e. The van der Waals surface area contributed by atoms with Crippen molar-refractivity contribution in [1.82, 2.24) is 20.1 Å². The van der Waals surface area contributed by atoms with Gasteiger partial charge in [0.15, 0.2) is 11.0 Å². The Balaban J connectivity index is 1.46. The van der Waals surface area contributed by atoms with Gasteiger partial charge in [-0.25, -0.2) is 0 Å². The van der Waals surface area contributed by atoms with E-state index < -0.39 is 0 Å². The van der Waals surface area contributed by atoms with Crippen LogP contribution in [0.3, 0.4) is 0 Å². The average molecular weight is 437 g/mol. The summed E-state index contributed by atoms with van der Waals surface area (Å²) in [4.78, 5) is 12.5. The number of aryl methyl sites for hydroxylation is 1. The molecule has 162 valence electrons. The van der Waals surface area contributed by atoms with E-state index in [1.807, 2.05) is 66.1 Å². The lowest BCUT2D eigenvalue weighted by atomic mass is 9.95. The van der Waals surface area contributed by atoms with Crippen molar-refractivity contribution in [2.75, 3.05) is 5.75 Å². The molecule has 0 atom stereocenters. The second-order valence-corrected chi connectivity index (χ2v) is 8.81. The van der Waals surface area contributed by atoms with Crippen LogP contribution in [0, 0.1) is 6.92 Å². The second-order valence-electron chi connectivity index (χ2n) is 7.87. The van der Waals surface area contributed by atoms with Gasteiger partial charge >= 0.3 is 0 Å². The van der Waals surface area contributed by atoms with E-state index in [1.165, 1.54) is 31.0 Å². The monoisotopic (exact) mass is 436 g/mol. The number of benzene rings is 2. The molecular weight excluding hydrogens is 408 g/mol. The topological polar surface area (TPSA) is 69.0 Å². The van der Waals surface area contributed by atoms with Crippen LogP contribution in [0.15, 0.2) is 59.8 Å². The summed E-state index contributed by atoms with van der Waals surface area (Å²) >= 11 is 1.41. The molecule has 7 heteroatoms. The normalized spacial score (nSPS) is 14.4. The first-order chi connectivity index (χ1) is 15.2. The van der Waals surface area contributed by atoms with Crippen LogP contribution >= 0.6 is 11.8 Å². The van der Waals surface area contributed by atoms with Crippen molar-refractivity contribution < 1.29 is 9.53 Å². The minimum atomic E-state index is 0.0528. The third-order valence-electron chi connectivity index (χ3n) is 5.37. The number of rotatable bonds is 8. The second kappa shape index (κ2) is 10.5. The van der Waals surface area contributed by atoms with E-state index in [9.17, 15) is 4.79 Å². The zero-order chi connectivity index (χ0) is 21.5. The molecule has 1 aromatic heterocycles. The molecule has 0 bridgehead atoms. The van der Waals surface area contributed by atoms with Crippen molar-refractivity contribution in [2.24, 2.45) is 0 Å². The molecule has 1 aliphatic carbocycles. The number of nitrogens with zero attached hydrogens (tertiary/aromatic N) is 3. The minimum Gasteiger partial charge on any atom is -0.486 e. The summed E-state index contributed by atoms with van der Waals surface area (Å²) in [5.74, 6) is 1.86. The number of para-hydroxylation sites is 1. The first kappa shape index (κ1) is 21.4.